The van der Waals surface area contributed by atoms with Crippen LogP contribution in [0, 0.1) is 0 Å². The van der Waals surface area contributed by atoms with Crippen molar-refractivity contribution in [1.82, 2.24) is 0 Å². The van der Waals surface area contributed by atoms with E-state index in [4.69, 9.17) is 4.42 Å². The summed E-state index contributed by atoms with van der Waals surface area (Å²) in [7, 11) is -3.86. The van der Waals surface area contributed by atoms with Gasteiger partial charge >= 0.3 is 5.63 Å². The summed E-state index contributed by atoms with van der Waals surface area (Å²) in [5.41, 5.74) is 0.283. The van der Waals surface area contributed by atoms with Gasteiger partial charge in [-0.25, -0.2) is 13.2 Å². The number of hydrogen-bond acceptors (Lipinski definition) is 5. The van der Waals surface area contributed by atoms with Crippen LogP contribution >= 0.6 is 0 Å². The molecule has 0 amide bonds. The molecule has 0 spiro atoms. The molecule has 0 radical (unpaired) electrons. The highest BCUT2D eigenvalue weighted by molar-refractivity contribution is 7.92. The molecule has 3 rings (SSSR count). The Morgan fingerprint density at radius 2 is 1.75 bits per heavy atom. The van der Waals surface area contributed by atoms with Crippen molar-refractivity contribution >= 4 is 26.7 Å². The number of benzene rings is 2. The fourth-order valence-corrected chi connectivity index (χ4v) is 3.90. The zero-order valence-electron chi connectivity index (χ0n) is 12.6. The molecular weight excluding hydrogens is 330 g/mol. The average Bonchev–Trinajstić information content (AvgIpc) is 2.59. The van der Waals surface area contributed by atoms with Crippen LogP contribution in [-0.4, -0.2) is 26.7 Å². The molecule has 1 heterocycles. The molecule has 0 atom stereocenters. The van der Waals surface area contributed by atoms with Gasteiger partial charge in [-0.3, -0.25) is 4.31 Å². The van der Waals surface area contributed by atoms with E-state index in [1.54, 1.807) is 30.3 Å². The van der Waals surface area contributed by atoms with E-state index in [9.17, 15) is 18.3 Å². The minimum Gasteiger partial charge on any atom is -0.423 e. The van der Waals surface area contributed by atoms with Gasteiger partial charge in [-0.2, -0.15) is 0 Å². The topological polar surface area (TPSA) is 87.8 Å². The molecule has 0 aliphatic heterocycles. The van der Waals surface area contributed by atoms with Crippen LogP contribution in [0.25, 0.3) is 11.0 Å². The van der Waals surface area contributed by atoms with Crippen molar-refractivity contribution in [1.29, 1.82) is 0 Å². The van der Waals surface area contributed by atoms with Crippen molar-refractivity contribution in [3.8, 4) is 0 Å². The number of aliphatic hydroxyl groups is 1. The predicted octanol–water partition coefficient (Wildman–Crippen LogP) is 1.98. The minimum absolute atomic E-state index is 0.0566. The van der Waals surface area contributed by atoms with Gasteiger partial charge in [0.1, 0.15) is 5.58 Å². The van der Waals surface area contributed by atoms with Crippen LogP contribution < -0.4 is 9.93 Å². The molecule has 0 aliphatic rings. The smallest absolute Gasteiger partial charge is 0.336 e. The van der Waals surface area contributed by atoms with Crippen molar-refractivity contribution in [3.63, 3.8) is 0 Å². The number of anilines is 1. The Balaban J connectivity index is 2.11. The second-order valence-electron chi connectivity index (χ2n) is 5.09. The van der Waals surface area contributed by atoms with Gasteiger partial charge in [0.25, 0.3) is 10.0 Å². The molecule has 0 bridgehead atoms. The second kappa shape index (κ2) is 6.46. The van der Waals surface area contributed by atoms with E-state index in [1.165, 1.54) is 30.3 Å². The zero-order valence-corrected chi connectivity index (χ0v) is 13.4. The van der Waals surface area contributed by atoms with Gasteiger partial charge in [-0.15, -0.1) is 0 Å². The van der Waals surface area contributed by atoms with Gasteiger partial charge in [-0.05, 0) is 36.4 Å². The lowest BCUT2D eigenvalue weighted by atomic mass is 10.2. The molecule has 1 aromatic heterocycles. The van der Waals surface area contributed by atoms with E-state index < -0.39 is 15.6 Å². The van der Waals surface area contributed by atoms with Gasteiger partial charge in [-0.1, -0.05) is 18.2 Å². The molecule has 6 nitrogen and oxygen atoms in total. The first kappa shape index (κ1) is 16.2. The summed E-state index contributed by atoms with van der Waals surface area (Å²) < 4.78 is 32.1. The van der Waals surface area contributed by atoms with Crippen molar-refractivity contribution in [2.75, 3.05) is 17.5 Å². The zero-order chi connectivity index (χ0) is 17.2. The lowest BCUT2D eigenvalue weighted by molar-refractivity contribution is 0.306. The van der Waals surface area contributed by atoms with Crippen LogP contribution in [0.2, 0.25) is 0 Å². The highest BCUT2D eigenvalue weighted by Crippen LogP contribution is 2.25. The lowest BCUT2D eigenvalue weighted by Crippen LogP contribution is -2.33. The molecule has 0 saturated heterocycles. The number of aliphatic hydroxyl groups excluding tert-OH is 1. The van der Waals surface area contributed by atoms with Gasteiger partial charge < -0.3 is 9.52 Å². The molecule has 7 heteroatoms. The Kier molecular flexibility index (Phi) is 4.37. The van der Waals surface area contributed by atoms with Crippen molar-refractivity contribution in [2.24, 2.45) is 0 Å². The maximum absolute atomic E-state index is 13.0. The summed E-state index contributed by atoms with van der Waals surface area (Å²) in [6.07, 6.45) is 0. The van der Waals surface area contributed by atoms with Gasteiger partial charge in [0, 0.05) is 11.5 Å². The Bertz CT molecular complexity index is 1010. The summed E-state index contributed by atoms with van der Waals surface area (Å²) in [6.45, 7) is -0.370. The van der Waals surface area contributed by atoms with Gasteiger partial charge in [0.15, 0.2) is 0 Å². The molecule has 1 N–H and O–H groups in total. The quantitative estimate of drug-likeness (QED) is 0.715. The lowest BCUT2D eigenvalue weighted by Gasteiger charge is -2.23. The largest absolute Gasteiger partial charge is 0.423 e. The highest BCUT2D eigenvalue weighted by atomic mass is 32.2. The van der Waals surface area contributed by atoms with Crippen LogP contribution in [0.15, 0.2) is 74.8 Å². The van der Waals surface area contributed by atoms with E-state index in [-0.39, 0.29) is 18.0 Å². The van der Waals surface area contributed by atoms with Crippen LogP contribution in [0.4, 0.5) is 5.69 Å². The maximum Gasteiger partial charge on any atom is 0.336 e. The monoisotopic (exact) mass is 345 g/mol. The first-order valence-electron chi connectivity index (χ1n) is 7.25. The van der Waals surface area contributed by atoms with Gasteiger partial charge in [0.2, 0.25) is 0 Å². The molecule has 0 saturated carbocycles. The molecule has 24 heavy (non-hydrogen) atoms. The molecule has 124 valence electrons. The molecular formula is C17H15NO5S. The number of fused-ring (bicyclic) bond motifs is 1. The van der Waals surface area contributed by atoms with Crippen molar-refractivity contribution in [2.45, 2.75) is 4.90 Å². The third-order valence-corrected chi connectivity index (χ3v) is 5.35. The van der Waals surface area contributed by atoms with Crippen LogP contribution in [0.1, 0.15) is 0 Å². The van der Waals surface area contributed by atoms with Crippen molar-refractivity contribution in [3.05, 3.63) is 71.1 Å². The van der Waals surface area contributed by atoms with E-state index >= 15 is 0 Å². The molecule has 0 fully saturated rings. The van der Waals surface area contributed by atoms with Crippen LogP contribution in [0.3, 0.4) is 0 Å². The molecule has 0 unspecified atom stereocenters. The predicted molar refractivity (Wildman–Crippen MR) is 90.5 cm³/mol. The summed E-state index contributed by atoms with van der Waals surface area (Å²) in [5.74, 6) is 0. The maximum atomic E-state index is 13.0. The van der Waals surface area contributed by atoms with E-state index in [0.717, 1.165) is 4.31 Å². The molecule has 2 aromatic carbocycles. The van der Waals surface area contributed by atoms with E-state index in [0.29, 0.717) is 16.7 Å². The Morgan fingerprint density at radius 1 is 1.00 bits per heavy atom. The fraction of sp³-hybridized carbons (Fsp3) is 0.118. The van der Waals surface area contributed by atoms with E-state index in [2.05, 4.69) is 0 Å². The number of para-hydroxylation sites is 1. The van der Waals surface area contributed by atoms with E-state index in [1.807, 2.05) is 0 Å². The Labute approximate surface area is 138 Å². The number of sulfonamides is 1. The summed E-state index contributed by atoms with van der Waals surface area (Å²) in [5, 5.41) is 9.76. The first-order valence-corrected chi connectivity index (χ1v) is 8.69. The van der Waals surface area contributed by atoms with Crippen LogP contribution in [0.5, 0.6) is 0 Å². The molecule has 3 aromatic rings. The SMILES string of the molecule is O=c1ccc2cc(S(=O)(=O)N(CCO)c3ccccc3)ccc2o1. The fourth-order valence-electron chi connectivity index (χ4n) is 2.41. The number of rotatable bonds is 5. The highest BCUT2D eigenvalue weighted by Gasteiger charge is 2.24. The Morgan fingerprint density at radius 3 is 2.46 bits per heavy atom. The van der Waals surface area contributed by atoms with Gasteiger partial charge in [0.05, 0.1) is 23.7 Å². The minimum atomic E-state index is -3.86. The third-order valence-electron chi connectivity index (χ3n) is 3.53. The number of nitrogens with zero attached hydrogens (tertiary/aromatic N) is 1. The average molecular weight is 345 g/mol. The summed E-state index contributed by atoms with van der Waals surface area (Å²) in [4.78, 5) is 11.3. The Hall–Kier alpha value is -2.64. The normalized spacial score (nSPS) is 11.5. The standard InChI is InChI=1S/C17H15NO5S/c19-11-10-18(14-4-2-1-3-5-14)24(21,22)15-7-8-16-13(12-15)6-9-17(20)23-16/h1-9,12,19H,10-11H2. The van der Waals surface area contributed by atoms with Crippen molar-refractivity contribution < 1.29 is 17.9 Å². The number of hydrogen-bond donors (Lipinski definition) is 1. The summed E-state index contributed by atoms with van der Waals surface area (Å²) in [6, 6.07) is 15.6. The molecule has 0 aliphatic carbocycles. The second-order valence-corrected chi connectivity index (χ2v) is 6.95. The van der Waals surface area contributed by atoms with Crippen LogP contribution in [-0.2, 0) is 10.0 Å². The summed E-state index contributed by atoms with van der Waals surface area (Å²) >= 11 is 0. The third kappa shape index (κ3) is 3.04. The first-order chi connectivity index (χ1) is 11.5.